The lowest BCUT2D eigenvalue weighted by atomic mass is 9.46. The van der Waals surface area contributed by atoms with Gasteiger partial charge in [-0.2, -0.15) is 0 Å². The van der Waals surface area contributed by atoms with Crippen molar-refractivity contribution in [2.45, 2.75) is 72.8 Å². The molecule has 31 heavy (non-hydrogen) atoms. The van der Waals surface area contributed by atoms with E-state index in [9.17, 15) is 4.79 Å². The fraction of sp³-hybridized carbons (Fsp3) is 0.607. The average Bonchev–Trinajstić information content (AvgIpc) is 2.77. The second kappa shape index (κ2) is 8.48. The van der Waals surface area contributed by atoms with Crippen LogP contribution in [0.25, 0.3) is 0 Å². The summed E-state index contributed by atoms with van der Waals surface area (Å²) in [6.07, 6.45) is 11.8. The van der Waals surface area contributed by atoms with Crippen molar-refractivity contribution in [1.82, 2.24) is 5.32 Å². The van der Waals surface area contributed by atoms with Crippen LogP contribution < -0.4 is 10.1 Å². The molecule has 0 radical (unpaired) electrons. The van der Waals surface area contributed by atoms with E-state index < -0.39 is 0 Å². The third-order valence-corrected chi connectivity index (χ3v) is 8.71. The lowest BCUT2D eigenvalue weighted by Gasteiger charge is -2.57. The molecule has 3 aliphatic carbocycles. The number of ether oxygens (including phenoxy) is 1. The van der Waals surface area contributed by atoms with E-state index >= 15 is 0 Å². The normalized spacial score (nSPS) is 32.5. The van der Waals surface area contributed by atoms with Crippen LogP contribution in [0.15, 0.2) is 47.6 Å². The third-order valence-electron chi connectivity index (χ3n) is 8.71. The number of rotatable bonds is 5. The quantitative estimate of drug-likeness (QED) is 0.593. The molecule has 168 valence electrons. The Morgan fingerprint density at radius 3 is 2.61 bits per heavy atom. The van der Waals surface area contributed by atoms with E-state index in [0.717, 1.165) is 30.6 Å². The number of fused-ring (bicyclic) bond motifs is 3. The van der Waals surface area contributed by atoms with Gasteiger partial charge in [0.2, 0.25) is 5.91 Å². The zero-order valence-corrected chi connectivity index (χ0v) is 20.0. The molecule has 0 spiro atoms. The van der Waals surface area contributed by atoms with Gasteiger partial charge in [0, 0.05) is 6.54 Å². The Morgan fingerprint density at radius 1 is 1.19 bits per heavy atom. The van der Waals surface area contributed by atoms with Gasteiger partial charge in [-0.3, -0.25) is 4.79 Å². The van der Waals surface area contributed by atoms with Crippen LogP contribution in [0.5, 0.6) is 5.75 Å². The Hall–Kier alpha value is -2.03. The topological polar surface area (TPSA) is 38.3 Å². The van der Waals surface area contributed by atoms with Gasteiger partial charge >= 0.3 is 0 Å². The highest BCUT2D eigenvalue weighted by molar-refractivity contribution is 5.83. The molecule has 3 nitrogen and oxygen atoms in total. The smallest absolute Gasteiger partial charge is 0.226 e. The van der Waals surface area contributed by atoms with Crippen LogP contribution in [-0.2, 0) is 11.3 Å². The summed E-state index contributed by atoms with van der Waals surface area (Å²) in [5, 5.41) is 3.28. The number of benzene rings is 1. The Balaban J connectivity index is 1.53. The van der Waals surface area contributed by atoms with Gasteiger partial charge in [0.25, 0.3) is 0 Å². The van der Waals surface area contributed by atoms with Crippen molar-refractivity contribution >= 4 is 5.91 Å². The lowest BCUT2D eigenvalue weighted by Crippen LogP contribution is -2.55. The van der Waals surface area contributed by atoms with Crippen LogP contribution >= 0.6 is 0 Å². The number of allylic oxidation sites excluding steroid dienone is 4. The van der Waals surface area contributed by atoms with Crippen LogP contribution in [0.4, 0.5) is 0 Å². The zero-order chi connectivity index (χ0) is 22.2. The molecule has 3 heteroatoms. The largest absolute Gasteiger partial charge is 0.497 e. The summed E-state index contributed by atoms with van der Waals surface area (Å²) in [5.41, 5.74) is 4.18. The van der Waals surface area contributed by atoms with Crippen molar-refractivity contribution in [3.05, 3.63) is 53.1 Å². The van der Waals surface area contributed by atoms with Crippen LogP contribution in [-0.4, -0.2) is 13.0 Å². The molecule has 1 N–H and O–H groups in total. The molecule has 0 aromatic heterocycles. The Morgan fingerprint density at radius 2 is 1.94 bits per heavy atom. The molecule has 4 rings (SSSR count). The highest BCUT2D eigenvalue weighted by Crippen LogP contribution is 2.62. The predicted molar refractivity (Wildman–Crippen MR) is 127 cm³/mol. The Kier molecular flexibility index (Phi) is 6.07. The molecule has 1 aromatic carbocycles. The summed E-state index contributed by atoms with van der Waals surface area (Å²) < 4.78 is 5.24. The van der Waals surface area contributed by atoms with Crippen LogP contribution in [0.3, 0.4) is 0 Å². The minimum Gasteiger partial charge on any atom is -0.497 e. The maximum absolute atomic E-state index is 13.5. The van der Waals surface area contributed by atoms with Gasteiger partial charge in [0.1, 0.15) is 5.75 Å². The van der Waals surface area contributed by atoms with Gasteiger partial charge in [-0.1, -0.05) is 64.0 Å². The third kappa shape index (κ3) is 3.97. The van der Waals surface area contributed by atoms with Gasteiger partial charge in [0.15, 0.2) is 0 Å². The first kappa shape index (κ1) is 22.2. The van der Waals surface area contributed by atoms with Gasteiger partial charge < -0.3 is 10.1 Å². The highest BCUT2D eigenvalue weighted by atomic mass is 16.5. The van der Waals surface area contributed by atoms with Crippen molar-refractivity contribution in [1.29, 1.82) is 0 Å². The predicted octanol–water partition coefficient (Wildman–Crippen LogP) is 6.45. The lowest BCUT2D eigenvalue weighted by molar-refractivity contribution is -0.144. The molecule has 1 fully saturated rings. The summed E-state index contributed by atoms with van der Waals surface area (Å²) >= 11 is 0. The first-order valence-corrected chi connectivity index (χ1v) is 12.1. The van der Waals surface area contributed by atoms with Gasteiger partial charge in [-0.15, -0.1) is 0 Å². The van der Waals surface area contributed by atoms with E-state index in [1.165, 1.54) is 19.3 Å². The minimum absolute atomic E-state index is 0.216. The van der Waals surface area contributed by atoms with E-state index in [2.05, 4.69) is 45.2 Å². The van der Waals surface area contributed by atoms with E-state index in [-0.39, 0.29) is 16.7 Å². The standard InChI is InChI=1S/C28H39NO2/c1-19(2)21-9-13-24-22(17-21)10-14-25-27(24,3)15-6-16-28(25,4)26(30)29-18-20-7-11-23(31-5)12-8-20/h7-8,10-12,17,19,24-25H,6,9,13-16,18H2,1-5H3,(H,29,30)/t24-,25?,27+,28+/m0/s1. The molecular formula is C28H39NO2. The first-order chi connectivity index (χ1) is 14.8. The molecule has 1 unspecified atom stereocenters. The average molecular weight is 422 g/mol. The van der Waals surface area contributed by atoms with E-state index in [4.69, 9.17) is 4.74 Å². The molecule has 1 saturated carbocycles. The molecule has 0 bridgehead atoms. The van der Waals surface area contributed by atoms with Crippen molar-refractivity contribution in [2.75, 3.05) is 7.11 Å². The fourth-order valence-corrected chi connectivity index (χ4v) is 6.74. The minimum atomic E-state index is -0.302. The molecule has 0 saturated heterocycles. The number of nitrogens with one attached hydrogen (secondary N) is 1. The molecule has 3 aliphatic rings. The van der Waals surface area contributed by atoms with E-state index in [1.807, 2.05) is 24.3 Å². The summed E-state index contributed by atoms with van der Waals surface area (Å²) in [4.78, 5) is 13.5. The van der Waals surface area contributed by atoms with Gasteiger partial charge in [-0.25, -0.2) is 0 Å². The number of carbonyl (C=O) groups excluding carboxylic acids is 1. The molecular weight excluding hydrogens is 382 g/mol. The van der Waals surface area contributed by atoms with Crippen molar-refractivity contribution < 1.29 is 9.53 Å². The van der Waals surface area contributed by atoms with Crippen LogP contribution in [0.2, 0.25) is 0 Å². The van der Waals surface area contributed by atoms with Gasteiger partial charge in [-0.05, 0) is 78.5 Å². The van der Waals surface area contributed by atoms with Crippen LogP contribution in [0, 0.1) is 28.6 Å². The number of hydrogen-bond acceptors (Lipinski definition) is 2. The summed E-state index contributed by atoms with van der Waals surface area (Å²) in [7, 11) is 1.67. The number of hydrogen-bond donors (Lipinski definition) is 1. The zero-order valence-electron chi connectivity index (χ0n) is 20.0. The van der Waals surface area contributed by atoms with Crippen molar-refractivity contribution in [3.63, 3.8) is 0 Å². The van der Waals surface area contributed by atoms with Crippen molar-refractivity contribution in [3.8, 4) is 5.75 Å². The maximum atomic E-state index is 13.5. The highest BCUT2D eigenvalue weighted by Gasteiger charge is 2.56. The van der Waals surface area contributed by atoms with Crippen molar-refractivity contribution in [2.24, 2.45) is 28.6 Å². The molecule has 1 amide bonds. The van der Waals surface area contributed by atoms with E-state index in [1.54, 1.807) is 18.3 Å². The molecule has 0 aliphatic heterocycles. The molecule has 0 heterocycles. The SMILES string of the molecule is COc1ccc(CNC(=O)[C@]2(C)CCC[C@@]3(C)C2CC=C2C=C(C(C)C)CC[C@@H]23)cc1. The number of amides is 1. The Labute approximate surface area is 188 Å². The number of methoxy groups -OCH3 is 1. The summed E-state index contributed by atoms with van der Waals surface area (Å²) in [6, 6.07) is 7.97. The summed E-state index contributed by atoms with van der Waals surface area (Å²) in [5.74, 6) is 2.71. The number of carbonyl (C=O) groups is 1. The van der Waals surface area contributed by atoms with Crippen LogP contribution in [0.1, 0.15) is 71.8 Å². The maximum Gasteiger partial charge on any atom is 0.226 e. The first-order valence-electron chi connectivity index (χ1n) is 12.1. The molecule has 1 aromatic rings. The Bertz CT molecular complexity index is 881. The second-order valence-corrected chi connectivity index (χ2v) is 10.8. The van der Waals surface area contributed by atoms with Gasteiger partial charge in [0.05, 0.1) is 12.5 Å². The fourth-order valence-electron chi connectivity index (χ4n) is 6.74. The second-order valence-electron chi connectivity index (χ2n) is 10.8. The summed E-state index contributed by atoms with van der Waals surface area (Å²) in [6.45, 7) is 9.91. The monoisotopic (exact) mass is 421 g/mol. The van der Waals surface area contributed by atoms with E-state index in [0.29, 0.717) is 24.3 Å². The molecule has 4 atom stereocenters.